The molecule has 0 bridgehead atoms. The molecule has 2 aliphatic rings. The van der Waals surface area contributed by atoms with E-state index >= 15 is 0 Å². The lowest BCUT2D eigenvalue weighted by molar-refractivity contribution is -0.130. The summed E-state index contributed by atoms with van der Waals surface area (Å²) in [6.07, 6.45) is 2.09. The molecule has 1 aromatic rings. The van der Waals surface area contributed by atoms with E-state index in [4.69, 9.17) is 0 Å². The van der Waals surface area contributed by atoms with Crippen LogP contribution in [0.25, 0.3) is 0 Å². The molecular weight excluding hydrogens is 304 g/mol. The number of carbonyl (C=O) groups is 2. The molecule has 6 nitrogen and oxygen atoms in total. The average molecular weight is 330 g/mol. The Kier molecular flexibility index (Phi) is 4.92. The fraction of sp³-hybridized carbons (Fsp3) is 0.556. The first-order chi connectivity index (χ1) is 11.5. The predicted molar refractivity (Wildman–Crippen MR) is 94.3 cm³/mol. The maximum atomic E-state index is 12.2. The first-order valence-electron chi connectivity index (χ1n) is 8.68. The largest absolute Gasteiger partial charge is 0.368 e. The molecule has 2 fully saturated rings. The Morgan fingerprint density at radius 2 is 1.83 bits per heavy atom. The summed E-state index contributed by atoms with van der Waals surface area (Å²) in [6, 6.07) is 6.42. The maximum absolute atomic E-state index is 12.2. The molecule has 3 rings (SSSR count). The smallest absolute Gasteiger partial charge is 0.315 e. The fourth-order valence-electron chi connectivity index (χ4n) is 3.01. The number of hydrogen-bond acceptors (Lipinski definition) is 3. The van der Waals surface area contributed by atoms with Gasteiger partial charge in [0, 0.05) is 37.9 Å². The van der Waals surface area contributed by atoms with Crippen LogP contribution in [0.2, 0.25) is 0 Å². The molecule has 0 radical (unpaired) electrons. The van der Waals surface area contributed by atoms with Crippen LogP contribution in [-0.2, 0) is 4.79 Å². The van der Waals surface area contributed by atoms with E-state index in [0.717, 1.165) is 25.9 Å². The van der Waals surface area contributed by atoms with Crippen LogP contribution < -0.4 is 15.5 Å². The summed E-state index contributed by atoms with van der Waals surface area (Å²) in [6.45, 7) is 7.37. The van der Waals surface area contributed by atoms with Gasteiger partial charge in [-0.15, -0.1) is 0 Å². The molecule has 1 aliphatic carbocycles. The first-order valence-corrected chi connectivity index (χ1v) is 8.68. The minimum atomic E-state index is -0.236. The molecule has 1 aromatic carbocycles. The van der Waals surface area contributed by atoms with Gasteiger partial charge in [-0.1, -0.05) is 12.1 Å². The monoisotopic (exact) mass is 330 g/mol. The Hall–Kier alpha value is -2.24. The summed E-state index contributed by atoms with van der Waals surface area (Å²) in [5, 5.41) is 5.48. The van der Waals surface area contributed by atoms with Crippen LogP contribution in [0.15, 0.2) is 18.2 Å². The van der Waals surface area contributed by atoms with Gasteiger partial charge in [0.05, 0.1) is 6.54 Å². The zero-order chi connectivity index (χ0) is 17.1. The van der Waals surface area contributed by atoms with E-state index in [1.54, 1.807) is 0 Å². The SMILES string of the molecule is Cc1cccc(N2CCN(C(=O)CNC(=O)NC3CC3)CC2)c1C. The minimum Gasteiger partial charge on any atom is -0.368 e. The predicted octanol–water partition coefficient (Wildman–Crippen LogP) is 1.41. The number of amides is 3. The first kappa shape index (κ1) is 16.6. The van der Waals surface area contributed by atoms with Gasteiger partial charge in [0.25, 0.3) is 0 Å². The second-order valence-corrected chi connectivity index (χ2v) is 6.69. The van der Waals surface area contributed by atoms with Crippen LogP contribution in [0.1, 0.15) is 24.0 Å². The van der Waals surface area contributed by atoms with Crippen LogP contribution in [0.5, 0.6) is 0 Å². The number of benzene rings is 1. The third-order valence-electron chi connectivity index (χ3n) is 4.86. The van der Waals surface area contributed by atoms with Gasteiger partial charge in [-0.3, -0.25) is 4.79 Å². The maximum Gasteiger partial charge on any atom is 0.315 e. The zero-order valence-corrected chi connectivity index (χ0v) is 14.5. The number of hydrogen-bond donors (Lipinski definition) is 2. The van der Waals surface area contributed by atoms with Crippen molar-refractivity contribution >= 4 is 17.6 Å². The number of carbonyl (C=O) groups excluding carboxylic acids is 2. The molecule has 0 aromatic heterocycles. The van der Waals surface area contributed by atoms with Crippen molar-refractivity contribution in [1.29, 1.82) is 0 Å². The summed E-state index contributed by atoms with van der Waals surface area (Å²) in [5.41, 5.74) is 3.84. The van der Waals surface area contributed by atoms with E-state index in [0.29, 0.717) is 19.1 Å². The normalized spacial score (nSPS) is 17.6. The second kappa shape index (κ2) is 7.11. The standard InChI is InChI=1S/C18H26N4O2/c1-13-4-3-5-16(14(13)2)21-8-10-22(11-9-21)17(23)12-19-18(24)20-15-6-7-15/h3-5,15H,6-12H2,1-2H3,(H2,19,20,24). The summed E-state index contributed by atoms with van der Waals surface area (Å²) in [5.74, 6) is -0.0124. The molecule has 24 heavy (non-hydrogen) atoms. The van der Waals surface area contributed by atoms with Crippen molar-refractivity contribution in [2.75, 3.05) is 37.6 Å². The van der Waals surface area contributed by atoms with Crippen molar-refractivity contribution in [2.24, 2.45) is 0 Å². The quantitative estimate of drug-likeness (QED) is 0.877. The Labute approximate surface area is 143 Å². The molecule has 0 unspecified atom stereocenters. The number of rotatable bonds is 4. The zero-order valence-electron chi connectivity index (χ0n) is 14.5. The lowest BCUT2D eigenvalue weighted by atomic mass is 10.1. The Morgan fingerprint density at radius 1 is 1.12 bits per heavy atom. The van der Waals surface area contributed by atoms with Gasteiger partial charge >= 0.3 is 6.03 Å². The van der Waals surface area contributed by atoms with Crippen molar-refractivity contribution in [2.45, 2.75) is 32.7 Å². The molecule has 3 amide bonds. The molecule has 6 heteroatoms. The van der Waals surface area contributed by atoms with Crippen LogP contribution in [-0.4, -0.2) is 55.6 Å². The van der Waals surface area contributed by atoms with Crippen molar-refractivity contribution in [3.63, 3.8) is 0 Å². The van der Waals surface area contributed by atoms with Crippen LogP contribution in [0.3, 0.4) is 0 Å². The average Bonchev–Trinajstić information content (AvgIpc) is 3.39. The highest BCUT2D eigenvalue weighted by Gasteiger charge is 2.25. The van der Waals surface area contributed by atoms with E-state index in [2.05, 4.69) is 47.6 Å². The van der Waals surface area contributed by atoms with Gasteiger partial charge in [0.2, 0.25) is 5.91 Å². The Morgan fingerprint density at radius 3 is 2.50 bits per heavy atom. The van der Waals surface area contributed by atoms with Gasteiger partial charge in [-0.25, -0.2) is 4.79 Å². The van der Waals surface area contributed by atoms with Gasteiger partial charge in [0.15, 0.2) is 0 Å². The van der Waals surface area contributed by atoms with Crippen molar-refractivity contribution in [3.8, 4) is 0 Å². The summed E-state index contributed by atoms with van der Waals surface area (Å²) < 4.78 is 0. The second-order valence-electron chi connectivity index (χ2n) is 6.69. The Bertz CT molecular complexity index is 619. The molecule has 1 saturated carbocycles. The van der Waals surface area contributed by atoms with Crippen LogP contribution in [0.4, 0.5) is 10.5 Å². The number of urea groups is 1. The lowest BCUT2D eigenvalue weighted by Crippen LogP contribution is -2.52. The highest BCUT2D eigenvalue weighted by atomic mass is 16.2. The summed E-state index contributed by atoms with van der Waals surface area (Å²) in [7, 11) is 0. The molecule has 2 N–H and O–H groups in total. The third kappa shape index (κ3) is 3.99. The van der Waals surface area contributed by atoms with Crippen LogP contribution in [0, 0.1) is 13.8 Å². The molecule has 1 heterocycles. The van der Waals surface area contributed by atoms with Crippen molar-refractivity contribution in [1.82, 2.24) is 15.5 Å². The number of piperazine rings is 1. The molecule has 1 aliphatic heterocycles. The summed E-state index contributed by atoms with van der Waals surface area (Å²) >= 11 is 0. The van der Waals surface area contributed by atoms with Crippen LogP contribution >= 0.6 is 0 Å². The van der Waals surface area contributed by atoms with E-state index in [1.807, 2.05) is 4.90 Å². The Balaban J connectivity index is 1.46. The highest BCUT2D eigenvalue weighted by Crippen LogP contribution is 2.23. The lowest BCUT2D eigenvalue weighted by Gasteiger charge is -2.37. The number of nitrogens with zero attached hydrogens (tertiary/aromatic N) is 2. The molecule has 1 saturated heterocycles. The van der Waals surface area contributed by atoms with E-state index < -0.39 is 0 Å². The van der Waals surface area contributed by atoms with Crippen molar-refractivity contribution < 1.29 is 9.59 Å². The molecule has 0 spiro atoms. The molecular formula is C18H26N4O2. The third-order valence-corrected chi connectivity index (χ3v) is 4.86. The minimum absolute atomic E-state index is 0.0124. The number of nitrogens with one attached hydrogen (secondary N) is 2. The number of aryl methyl sites for hydroxylation is 1. The highest BCUT2D eigenvalue weighted by molar-refractivity contribution is 5.84. The molecule has 130 valence electrons. The van der Waals surface area contributed by atoms with E-state index in [9.17, 15) is 9.59 Å². The van der Waals surface area contributed by atoms with E-state index in [1.165, 1.54) is 16.8 Å². The topological polar surface area (TPSA) is 64.7 Å². The van der Waals surface area contributed by atoms with Crippen molar-refractivity contribution in [3.05, 3.63) is 29.3 Å². The van der Waals surface area contributed by atoms with Gasteiger partial charge in [-0.05, 0) is 43.9 Å². The van der Waals surface area contributed by atoms with Gasteiger partial charge < -0.3 is 20.4 Å². The number of anilines is 1. The van der Waals surface area contributed by atoms with Gasteiger partial charge in [0.1, 0.15) is 0 Å². The van der Waals surface area contributed by atoms with E-state index in [-0.39, 0.29) is 18.5 Å². The van der Waals surface area contributed by atoms with Gasteiger partial charge in [-0.2, -0.15) is 0 Å². The molecule has 0 atom stereocenters. The fourth-order valence-corrected chi connectivity index (χ4v) is 3.01. The summed E-state index contributed by atoms with van der Waals surface area (Å²) in [4.78, 5) is 28.0.